The van der Waals surface area contributed by atoms with E-state index in [4.69, 9.17) is 22.1 Å². The highest BCUT2D eigenvalue weighted by Crippen LogP contribution is 2.23. The molecule has 1 rings (SSSR count). The Morgan fingerprint density at radius 1 is 1.56 bits per heavy atom. The van der Waals surface area contributed by atoms with Crippen LogP contribution in [0, 0.1) is 0 Å². The zero-order valence-electron chi connectivity index (χ0n) is 9.29. The van der Waals surface area contributed by atoms with E-state index in [1.807, 2.05) is 13.8 Å². The quantitative estimate of drug-likeness (QED) is 0.797. The molecule has 0 fully saturated rings. The molecule has 0 atom stereocenters. The maximum Gasteiger partial charge on any atom is 0.250 e. The highest BCUT2D eigenvalue weighted by molar-refractivity contribution is 6.34. The zero-order valence-corrected chi connectivity index (χ0v) is 10.0. The molecule has 88 valence electrons. The summed E-state index contributed by atoms with van der Waals surface area (Å²) < 4.78 is 5.16. The van der Waals surface area contributed by atoms with Gasteiger partial charge in [0.2, 0.25) is 5.91 Å². The number of ether oxygens (including phenoxy) is 1. The minimum Gasteiger partial charge on any atom is -0.399 e. The number of hydrogen-bond acceptors (Lipinski definition) is 3. The first-order chi connectivity index (χ1) is 7.49. The van der Waals surface area contributed by atoms with Crippen molar-refractivity contribution in [3.8, 4) is 0 Å². The monoisotopic (exact) mass is 242 g/mol. The van der Waals surface area contributed by atoms with Crippen LogP contribution >= 0.6 is 11.6 Å². The van der Waals surface area contributed by atoms with E-state index in [1.165, 1.54) is 0 Å². The molecular weight excluding hydrogens is 228 g/mol. The van der Waals surface area contributed by atoms with Gasteiger partial charge in [-0.15, -0.1) is 0 Å². The Morgan fingerprint density at radius 3 is 2.81 bits per heavy atom. The van der Waals surface area contributed by atoms with Gasteiger partial charge in [-0.05, 0) is 32.0 Å². The third-order valence-electron chi connectivity index (χ3n) is 1.81. The van der Waals surface area contributed by atoms with Crippen molar-refractivity contribution >= 4 is 28.9 Å². The average molecular weight is 243 g/mol. The summed E-state index contributed by atoms with van der Waals surface area (Å²) >= 11 is 5.90. The number of carbonyl (C=O) groups is 1. The van der Waals surface area contributed by atoms with E-state index < -0.39 is 0 Å². The molecule has 0 aliphatic rings. The molecule has 1 aromatic rings. The fourth-order valence-corrected chi connectivity index (χ4v) is 1.30. The molecule has 0 aromatic heterocycles. The minimum atomic E-state index is -0.236. The van der Waals surface area contributed by atoms with Gasteiger partial charge in [0.1, 0.15) is 6.61 Å². The van der Waals surface area contributed by atoms with E-state index in [9.17, 15) is 4.79 Å². The smallest absolute Gasteiger partial charge is 0.250 e. The summed E-state index contributed by atoms with van der Waals surface area (Å²) in [6, 6.07) is 4.91. The molecule has 3 N–H and O–H groups in total. The minimum absolute atomic E-state index is 0.0123. The summed E-state index contributed by atoms with van der Waals surface area (Å²) in [5.74, 6) is -0.236. The fourth-order valence-electron chi connectivity index (χ4n) is 1.06. The summed E-state index contributed by atoms with van der Waals surface area (Å²) in [7, 11) is 0. The Kier molecular flexibility index (Phi) is 4.58. The van der Waals surface area contributed by atoms with Gasteiger partial charge < -0.3 is 15.8 Å². The molecule has 0 aliphatic heterocycles. The number of nitrogen functional groups attached to an aromatic ring is 1. The van der Waals surface area contributed by atoms with Crippen molar-refractivity contribution < 1.29 is 9.53 Å². The fraction of sp³-hybridized carbons (Fsp3) is 0.364. The second-order valence-electron chi connectivity index (χ2n) is 3.65. The van der Waals surface area contributed by atoms with Gasteiger partial charge in [0.25, 0.3) is 0 Å². The molecule has 4 nitrogen and oxygen atoms in total. The summed E-state index contributed by atoms with van der Waals surface area (Å²) in [6.45, 7) is 3.74. The molecule has 0 radical (unpaired) electrons. The Hall–Kier alpha value is -1.26. The highest BCUT2D eigenvalue weighted by atomic mass is 35.5. The zero-order chi connectivity index (χ0) is 12.1. The van der Waals surface area contributed by atoms with Crippen molar-refractivity contribution in [2.24, 2.45) is 0 Å². The SMILES string of the molecule is CC(C)OCC(=O)Nc1ccc(N)cc1Cl. The molecule has 1 aromatic carbocycles. The molecule has 0 heterocycles. The highest BCUT2D eigenvalue weighted by Gasteiger charge is 2.06. The number of anilines is 2. The van der Waals surface area contributed by atoms with Crippen LogP contribution in [0.3, 0.4) is 0 Å². The van der Waals surface area contributed by atoms with Crippen molar-refractivity contribution in [3.05, 3.63) is 23.2 Å². The predicted molar refractivity (Wildman–Crippen MR) is 65.6 cm³/mol. The maximum atomic E-state index is 11.4. The maximum absolute atomic E-state index is 11.4. The lowest BCUT2D eigenvalue weighted by Crippen LogP contribution is -2.20. The van der Waals surface area contributed by atoms with Crippen LogP contribution in [-0.4, -0.2) is 18.6 Å². The number of nitrogens with two attached hydrogens (primary N) is 1. The average Bonchev–Trinajstić information content (AvgIpc) is 2.19. The molecule has 0 spiro atoms. The van der Waals surface area contributed by atoms with Crippen LogP contribution < -0.4 is 11.1 Å². The van der Waals surface area contributed by atoms with Crippen molar-refractivity contribution in [1.82, 2.24) is 0 Å². The van der Waals surface area contributed by atoms with E-state index in [0.717, 1.165) is 0 Å². The topological polar surface area (TPSA) is 64.3 Å². The Labute approximate surface area is 99.7 Å². The summed E-state index contributed by atoms with van der Waals surface area (Å²) in [6.07, 6.45) is 0.0210. The summed E-state index contributed by atoms with van der Waals surface area (Å²) in [5.41, 5.74) is 6.63. The van der Waals surface area contributed by atoms with E-state index in [1.54, 1.807) is 18.2 Å². The van der Waals surface area contributed by atoms with Crippen LogP contribution in [0.2, 0.25) is 5.02 Å². The van der Waals surface area contributed by atoms with Crippen LogP contribution in [-0.2, 0) is 9.53 Å². The van der Waals surface area contributed by atoms with E-state index >= 15 is 0 Å². The van der Waals surface area contributed by atoms with Crippen molar-refractivity contribution in [2.75, 3.05) is 17.7 Å². The van der Waals surface area contributed by atoms with Gasteiger partial charge in [-0.1, -0.05) is 11.6 Å². The third-order valence-corrected chi connectivity index (χ3v) is 2.13. The van der Waals surface area contributed by atoms with E-state index in [0.29, 0.717) is 16.4 Å². The van der Waals surface area contributed by atoms with Gasteiger partial charge >= 0.3 is 0 Å². The molecule has 16 heavy (non-hydrogen) atoms. The Bertz CT molecular complexity index is 380. The molecule has 0 saturated carbocycles. The summed E-state index contributed by atoms with van der Waals surface area (Å²) in [5, 5.41) is 3.06. The van der Waals surface area contributed by atoms with E-state index in [-0.39, 0.29) is 18.6 Å². The van der Waals surface area contributed by atoms with Gasteiger partial charge in [0, 0.05) is 5.69 Å². The van der Waals surface area contributed by atoms with Gasteiger partial charge in [-0.3, -0.25) is 4.79 Å². The first-order valence-electron chi connectivity index (χ1n) is 4.95. The van der Waals surface area contributed by atoms with Gasteiger partial charge in [0.05, 0.1) is 16.8 Å². The third kappa shape index (κ3) is 4.08. The Morgan fingerprint density at radius 2 is 2.25 bits per heavy atom. The van der Waals surface area contributed by atoms with Crippen LogP contribution in [0.1, 0.15) is 13.8 Å². The largest absolute Gasteiger partial charge is 0.399 e. The van der Waals surface area contributed by atoms with Crippen LogP contribution in [0.4, 0.5) is 11.4 Å². The van der Waals surface area contributed by atoms with Crippen LogP contribution in [0.25, 0.3) is 0 Å². The number of halogens is 1. The second-order valence-corrected chi connectivity index (χ2v) is 4.05. The lowest BCUT2D eigenvalue weighted by atomic mass is 10.3. The van der Waals surface area contributed by atoms with Gasteiger partial charge in [-0.25, -0.2) is 0 Å². The first-order valence-corrected chi connectivity index (χ1v) is 5.33. The standard InChI is InChI=1S/C11H15ClN2O2/c1-7(2)16-6-11(15)14-10-4-3-8(13)5-9(10)12/h3-5,7H,6,13H2,1-2H3,(H,14,15). The number of nitrogens with one attached hydrogen (secondary N) is 1. The predicted octanol–water partition coefficient (Wildman–Crippen LogP) is 2.29. The van der Waals surface area contributed by atoms with E-state index in [2.05, 4.69) is 5.32 Å². The normalized spacial score (nSPS) is 10.5. The lowest BCUT2D eigenvalue weighted by molar-refractivity contribution is -0.121. The molecule has 0 bridgehead atoms. The molecule has 5 heteroatoms. The molecule has 0 unspecified atom stereocenters. The first kappa shape index (κ1) is 12.8. The van der Waals surface area contributed by atoms with Gasteiger partial charge in [-0.2, -0.15) is 0 Å². The number of benzene rings is 1. The number of rotatable bonds is 4. The second kappa shape index (κ2) is 5.72. The van der Waals surface area contributed by atoms with Crippen LogP contribution in [0.15, 0.2) is 18.2 Å². The molecule has 0 saturated heterocycles. The van der Waals surface area contributed by atoms with Crippen molar-refractivity contribution in [2.45, 2.75) is 20.0 Å². The number of amides is 1. The van der Waals surface area contributed by atoms with Crippen molar-refractivity contribution in [1.29, 1.82) is 0 Å². The number of hydrogen-bond donors (Lipinski definition) is 2. The molecule has 1 amide bonds. The van der Waals surface area contributed by atoms with Crippen molar-refractivity contribution in [3.63, 3.8) is 0 Å². The van der Waals surface area contributed by atoms with Gasteiger partial charge in [0.15, 0.2) is 0 Å². The van der Waals surface area contributed by atoms with Crippen LogP contribution in [0.5, 0.6) is 0 Å². The molecule has 0 aliphatic carbocycles. The molecular formula is C11H15ClN2O2. The summed E-state index contributed by atoms with van der Waals surface area (Å²) in [4.78, 5) is 11.4. The number of carbonyl (C=O) groups excluding carboxylic acids is 1. The lowest BCUT2D eigenvalue weighted by Gasteiger charge is -2.09. The Balaban J connectivity index is 2.56.